The zero-order valence-electron chi connectivity index (χ0n) is 21.8. The number of esters is 1. The fraction of sp³-hybridized carbons (Fsp3) is 0.920. The largest absolute Gasteiger partial charge is 0.446 e. The SMILES string of the molecule is CCC(C)OC1CC(C)(C)N(C(C)OC(=O)C(C)C(=O)C(CC)(CC)OC)C(C)(C)C1. The van der Waals surface area contributed by atoms with Crippen molar-refractivity contribution in [2.24, 2.45) is 5.92 Å². The van der Waals surface area contributed by atoms with Crippen molar-refractivity contribution in [1.82, 2.24) is 4.90 Å². The van der Waals surface area contributed by atoms with Gasteiger partial charge in [0.15, 0.2) is 12.0 Å². The molecule has 0 aliphatic carbocycles. The van der Waals surface area contributed by atoms with Crippen LogP contribution in [0.5, 0.6) is 0 Å². The van der Waals surface area contributed by atoms with Gasteiger partial charge in [-0.25, -0.2) is 0 Å². The van der Waals surface area contributed by atoms with E-state index in [1.807, 2.05) is 20.8 Å². The van der Waals surface area contributed by atoms with Gasteiger partial charge in [-0.2, -0.15) is 0 Å². The maximum atomic E-state index is 13.0. The third-order valence-electron chi connectivity index (χ3n) is 7.14. The number of hydrogen-bond donors (Lipinski definition) is 0. The Labute approximate surface area is 190 Å². The molecule has 1 fully saturated rings. The number of ketones is 1. The summed E-state index contributed by atoms with van der Waals surface area (Å²) in [5.74, 6) is -1.58. The van der Waals surface area contributed by atoms with Crippen LogP contribution in [0, 0.1) is 5.92 Å². The zero-order chi connectivity index (χ0) is 24.2. The van der Waals surface area contributed by atoms with Gasteiger partial charge in [-0.3, -0.25) is 14.5 Å². The normalized spacial score (nSPS) is 22.5. The summed E-state index contributed by atoms with van der Waals surface area (Å²) in [4.78, 5) is 28.2. The molecule has 3 unspecified atom stereocenters. The van der Waals surface area contributed by atoms with Crippen molar-refractivity contribution in [2.75, 3.05) is 7.11 Å². The highest BCUT2D eigenvalue weighted by Gasteiger charge is 2.49. The number of likely N-dealkylation sites (tertiary alicyclic amines) is 1. The van der Waals surface area contributed by atoms with Crippen LogP contribution in [0.4, 0.5) is 0 Å². The molecule has 0 amide bonds. The Kier molecular flexibility index (Phi) is 9.74. The second kappa shape index (κ2) is 10.8. The molecule has 6 nitrogen and oxygen atoms in total. The molecule has 1 aliphatic heterocycles. The number of carbonyl (C=O) groups excluding carboxylic acids is 2. The van der Waals surface area contributed by atoms with Crippen LogP contribution in [0.2, 0.25) is 0 Å². The first-order valence-electron chi connectivity index (χ1n) is 12.0. The zero-order valence-corrected chi connectivity index (χ0v) is 21.8. The molecule has 1 saturated heterocycles. The molecule has 0 aromatic heterocycles. The van der Waals surface area contributed by atoms with E-state index in [0.717, 1.165) is 19.3 Å². The molecule has 0 N–H and O–H groups in total. The van der Waals surface area contributed by atoms with Crippen molar-refractivity contribution >= 4 is 11.8 Å². The number of Topliss-reactive ketones (excluding diaryl/α,β-unsaturated/α-hetero) is 1. The number of carbonyl (C=O) groups is 2. The molecule has 0 aromatic carbocycles. The van der Waals surface area contributed by atoms with E-state index in [1.54, 1.807) is 6.92 Å². The second-order valence-corrected chi connectivity index (χ2v) is 10.4. The average Bonchev–Trinajstić information content (AvgIpc) is 2.66. The van der Waals surface area contributed by atoms with E-state index in [2.05, 4.69) is 46.4 Å². The van der Waals surface area contributed by atoms with Crippen LogP contribution in [0.1, 0.15) is 101 Å². The van der Waals surface area contributed by atoms with Gasteiger partial charge in [0, 0.05) is 18.2 Å². The third-order valence-corrected chi connectivity index (χ3v) is 7.14. The van der Waals surface area contributed by atoms with Gasteiger partial charge in [-0.15, -0.1) is 0 Å². The predicted octanol–water partition coefficient (Wildman–Crippen LogP) is 5.12. The monoisotopic (exact) mass is 441 g/mol. The summed E-state index contributed by atoms with van der Waals surface area (Å²) in [6.07, 6.45) is 3.67. The molecule has 0 spiro atoms. The van der Waals surface area contributed by atoms with Crippen LogP contribution in [0.15, 0.2) is 0 Å². The summed E-state index contributed by atoms with van der Waals surface area (Å²) in [5.41, 5.74) is -1.39. The van der Waals surface area contributed by atoms with Gasteiger partial charge in [0.1, 0.15) is 11.5 Å². The van der Waals surface area contributed by atoms with Crippen molar-refractivity contribution < 1.29 is 23.8 Å². The summed E-state index contributed by atoms with van der Waals surface area (Å²) < 4.78 is 17.7. The minimum absolute atomic E-state index is 0.163. The lowest BCUT2D eigenvalue weighted by atomic mass is 9.77. The van der Waals surface area contributed by atoms with E-state index in [1.165, 1.54) is 7.11 Å². The number of methoxy groups -OCH3 is 1. The number of rotatable bonds is 11. The van der Waals surface area contributed by atoms with Gasteiger partial charge in [-0.05, 0) is 80.6 Å². The van der Waals surface area contributed by atoms with E-state index in [-0.39, 0.29) is 29.1 Å². The van der Waals surface area contributed by atoms with Crippen molar-refractivity contribution in [2.45, 2.75) is 136 Å². The first-order chi connectivity index (χ1) is 14.2. The minimum atomic E-state index is -0.939. The molecule has 0 bridgehead atoms. The third kappa shape index (κ3) is 6.29. The van der Waals surface area contributed by atoms with Crippen molar-refractivity contribution in [1.29, 1.82) is 0 Å². The van der Waals surface area contributed by atoms with E-state index >= 15 is 0 Å². The highest BCUT2D eigenvalue weighted by molar-refractivity contribution is 6.03. The van der Waals surface area contributed by atoms with Crippen molar-refractivity contribution in [3.8, 4) is 0 Å². The molecular weight excluding hydrogens is 394 g/mol. The van der Waals surface area contributed by atoms with Crippen molar-refractivity contribution in [3.63, 3.8) is 0 Å². The molecule has 0 radical (unpaired) electrons. The standard InChI is InChI=1S/C25H47NO5/c1-12-17(4)30-20-15-23(7,8)26(24(9,10)16-20)19(6)31-22(28)18(5)21(27)25(13-2,14-3)29-11/h17-20H,12-16H2,1-11H3. The van der Waals surface area contributed by atoms with Crippen molar-refractivity contribution in [3.05, 3.63) is 0 Å². The summed E-state index contributed by atoms with van der Waals surface area (Å²) in [6, 6.07) is 0. The van der Waals surface area contributed by atoms with Crippen LogP contribution < -0.4 is 0 Å². The Morgan fingerprint density at radius 3 is 1.87 bits per heavy atom. The molecule has 1 aliphatic rings. The van der Waals surface area contributed by atoms with Gasteiger partial charge in [0.05, 0.1) is 12.2 Å². The topological polar surface area (TPSA) is 65.1 Å². The summed E-state index contributed by atoms with van der Waals surface area (Å²) in [5, 5.41) is 0. The van der Waals surface area contributed by atoms with Crippen LogP contribution in [0.3, 0.4) is 0 Å². The van der Waals surface area contributed by atoms with Gasteiger partial charge in [-0.1, -0.05) is 20.8 Å². The molecule has 6 heteroatoms. The van der Waals surface area contributed by atoms with Crippen LogP contribution >= 0.6 is 0 Å². The highest BCUT2D eigenvalue weighted by Crippen LogP contribution is 2.42. The van der Waals surface area contributed by atoms with Crippen LogP contribution in [-0.4, -0.2) is 58.9 Å². The molecule has 0 saturated carbocycles. The second-order valence-electron chi connectivity index (χ2n) is 10.4. The molecule has 1 rings (SSSR count). The molecule has 3 atom stereocenters. The van der Waals surface area contributed by atoms with Gasteiger partial charge < -0.3 is 14.2 Å². The Hall–Kier alpha value is -0.980. The molecule has 182 valence electrons. The minimum Gasteiger partial charge on any atom is -0.446 e. The Bertz CT molecular complexity index is 585. The quantitative estimate of drug-likeness (QED) is 0.327. The maximum absolute atomic E-state index is 13.0. The summed E-state index contributed by atoms with van der Waals surface area (Å²) in [6.45, 7) is 20.3. The van der Waals surface area contributed by atoms with E-state index in [4.69, 9.17) is 14.2 Å². The van der Waals surface area contributed by atoms with Gasteiger partial charge >= 0.3 is 5.97 Å². The van der Waals surface area contributed by atoms with Gasteiger partial charge in [0.2, 0.25) is 0 Å². The number of nitrogens with zero attached hydrogens (tertiary/aromatic N) is 1. The predicted molar refractivity (Wildman–Crippen MR) is 124 cm³/mol. The lowest BCUT2D eigenvalue weighted by Crippen LogP contribution is -2.65. The lowest BCUT2D eigenvalue weighted by molar-refractivity contribution is -0.200. The Morgan fingerprint density at radius 1 is 1.00 bits per heavy atom. The highest BCUT2D eigenvalue weighted by atomic mass is 16.6. The number of hydrogen-bond acceptors (Lipinski definition) is 6. The number of piperidine rings is 1. The van der Waals surface area contributed by atoms with E-state index in [9.17, 15) is 9.59 Å². The summed E-state index contributed by atoms with van der Waals surface area (Å²) in [7, 11) is 1.53. The van der Waals surface area contributed by atoms with E-state index < -0.39 is 23.7 Å². The molecule has 0 aromatic rings. The van der Waals surface area contributed by atoms with Crippen LogP contribution in [0.25, 0.3) is 0 Å². The molecule has 31 heavy (non-hydrogen) atoms. The molecule has 1 heterocycles. The lowest BCUT2D eigenvalue weighted by Gasteiger charge is -2.57. The fourth-order valence-corrected chi connectivity index (χ4v) is 5.52. The Morgan fingerprint density at radius 2 is 1.48 bits per heavy atom. The average molecular weight is 442 g/mol. The first-order valence-corrected chi connectivity index (χ1v) is 12.0. The maximum Gasteiger partial charge on any atom is 0.317 e. The smallest absolute Gasteiger partial charge is 0.317 e. The fourth-order valence-electron chi connectivity index (χ4n) is 5.52. The first kappa shape index (κ1) is 28.1. The Balaban J connectivity index is 2.98. The van der Waals surface area contributed by atoms with Crippen LogP contribution in [-0.2, 0) is 23.8 Å². The summed E-state index contributed by atoms with van der Waals surface area (Å²) >= 11 is 0. The van der Waals surface area contributed by atoms with Gasteiger partial charge in [0.25, 0.3) is 0 Å². The number of ether oxygens (including phenoxy) is 3. The van der Waals surface area contributed by atoms with E-state index in [0.29, 0.717) is 12.8 Å². The molecular formula is C25H47NO5.